The number of hydrogen-bond donors (Lipinski definition) is 1. The Morgan fingerprint density at radius 1 is 0.543 bits per heavy atom. The van der Waals surface area contributed by atoms with Crippen LogP contribution in [0.2, 0.25) is 39.3 Å². The molecule has 0 aromatic rings. The zero-order chi connectivity index (χ0) is 35.1. The van der Waals surface area contributed by atoms with E-state index in [1.54, 1.807) is 0 Å². The second-order valence-corrected chi connectivity index (χ2v) is 21.9. The minimum atomic E-state index is -2.38. The summed E-state index contributed by atoms with van der Waals surface area (Å²) in [6.45, 7) is 16.7. The van der Waals surface area contributed by atoms with Crippen LogP contribution in [0.5, 0.6) is 0 Å². The van der Waals surface area contributed by atoms with Crippen molar-refractivity contribution in [2.75, 3.05) is 13.2 Å². The Bertz CT molecular complexity index is 1090. The minimum Gasteiger partial charge on any atom is -0.463 e. The molecule has 0 aromatic heterocycles. The fraction of sp³-hybridized carbons (Fsp3) is 0.821. The van der Waals surface area contributed by atoms with Crippen molar-refractivity contribution in [3.8, 4) is 0 Å². The Morgan fingerprint density at radius 2 is 0.978 bits per heavy atom. The van der Waals surface area contributed by atoms with E-state index in [2.05, 4.69) is 0 Å². The number of carbonyl (C=O) groups is 5. The van der Waals surface area contributed by atoms with Gasteiger partial charge < -0.3 is 51.9 Å². The van der Waals surface area contributed by atoms with Gasteiger partial charge in [0, 0.05) is 34.6 Å². The van der Waals surface area contributed by atoms with Crippen LogP contribution in [0.4, 0.5) is 0 Å². The van der Waals surface area contributed by atoms with Gasteiger partial charge in [-0.1, -0.05) is 0 Å². The summed E-state index contributed by atoms with van der Waals surface area (Å²) in [5.74, 6) is -3.66. The SMILES string of the molecule is CC(=O)OC[C@H]1O[C@H](OC[C@H]2OC(O)[C@H](OC(C)=O)[C@@H](OC(C)=O)[C@@H]2OC(C)=O)[C@H](OC(C)=O)[C@@H](O[Si](C)(C)C)[C@H]1O[Si](C)(C)C. The van der Waals surface area contributed by atoms with E-state index >= 15 is 0 Å². The van der Waals surface area contributed by atoms with Crippen molar-refractivity contribution in [1.29, 1.82) is 0 Å². The molecule has 2 rings (SSSR count). The van der Waals surface area contributed by atoms with E-state index in [0.717, 1.165) is 20.8 Å². The summed E-state index contributed by atoms with van der Waals surface area (Å²) in [4.78, 5) is 60.0. The molecule has 0 aromatic carbocycles. The lowest BCUT2D eigenvalue weighted by Crippen LogP contribution is -2.66. The van der Waals surface area contributed by atoms with E-state index < -0.39 is 114 Å². The maximum atomic E-state index is 12.4. The van der Waals surface area contributed by atoms with Crippen molar-refractivity contribution in [1.82, 2.24) is 0 Å². The third kappa shape index (κ3) is 12.6. The standard InChI is InChI=1S/C28H48O16Si2/c1-14(29)35-12-20-22(43-45(6,7)8)24(44-46(9,10)11)26(40-18(5)33)28(42-20)36-13-19-21(37-15(2)30)23(38-16(3)31)25(27(34)41-19)39-17(4)32/h19-28,34H,12-13H2,1-11H3/t19-,20-,21-,22+,23+,24+,25-,26-,27?,28+/m1/s1. The summed E-state index contributed by atoms with van der Waals surface area (Å²) in [7, 11) is -4.69. The topological polar surface area (TPSA) is 198 Å². The highest BCUT2D eigenvalue weighted by molar-refractivity contribution is 6.70. The van der Waals surface area contributed by atoms with Gasteiger partial charge in [0.05, 0.1) is 6.61 Å². The highest BCUT2D eigenvalue weighted by Crippen LogP contribution is 2.34. The third-order valence-electron chi connectivity index (χ3n) is 6.26. The van der Waals surface area contributed by atoms with Gasteiger partial charge in [0.15, 0.2) is 53.6 Å². The van der Waals surface area contributed by atoms with Crippen LogP contribution < -0.4 is 0 Å². The Hall–Kier alpha value is -2.46. The van der Waals surface area contributed by atoms with E-state index in [1.807, 2.05) is 39.3 Å². The van der Waals surface area contributed by atoms with Crippen molar-refractivity contribution in [3.63, 3.8) is 0 Å². The van der Waals surface area contributed by atoms with Crippen LogP contribution in [0.1, 0.15) is 34.6 Å². The molecule has 10 atom stereocenters. The van der Waals surface area contributed by atoms with Crippen molar-refractivity contribution in [3.05, 3.63) is 0 Å². The number of rotatable bonds is 13. The second-order valence-electron chi connectivity index (χ2n) is 12.9. The Kier molecular flexibility index (Phi) is 14.3. The van der Waals surface area contributed by atoms with Gasteiger partial charge in [-0.25, -0.2) is 0 Å². The summed E-state index contributed by atoms with van der Waals surface area (Å²) in [6.07, 6.45) is -12.8. The molecule has 1 unspecified atom stereocenters. The molecule has 2 fully saturated rings. The van der Waals surface area contributed by atoms with E-state index in [-0.39, 0.29) is 6.61 Å². The van der Waals surface area contributed by atoms with Crippen molar-refractivity contribution < 1.29 is 75.8 Å². The van der Waals surface area contributed by atoms with E-state index in [4.69, 9.17) is 46.7 Å². The van der Waals surface area contributed by atoms with E-state index in [9.17, 15) is 29.1 Å². The van der Waals surface area contributed by atoms with Crippen LogP contribution in [-0.4, -0.2) is 126 Å². The van der Waals surface area contributed by atoms with Crippen molar-refractivity contribution >= 4 is 46.5 Å². The number of esters is 5. The number of carbonyl (C=O) groups excluding carboxylic acids is 5. The summed E-state index contributed by atoms with van der Waals surface area (Å²) in [6, 6.07) is 0. The molecule has 0 bridgehead atoms. The number of ether oxygens (including phenoxy) is 8. The fourth-order valence-corrected chi connectivity index (χ4v) is 7.14. The van der Waals surface area contributed by atoms with Gasteiger partial charge in [-0.05, 0) is 39.3 Å². The number of hydrogen-bond acceptors (Lipinski definition) is 16. The van der Waals surface area contributed by atoms with Gasteiger partial charge in [0.2, 0.25) is 0 Å². The van der Waals surface area contributed by atoms with Gasteiger partial charge in [-0.15, -0.1) is 0 Å². The average Bonchev–Trinajstić information content (AvgIpc) is 2.86. The first-order chi connectivity index (χ1) is 21.1. The third-order valence-corrected chi connectivity index (χ3v) is 8.22. The molecule has 0 amide bonds. The van der Waals surface area contributed by atoms with Crippen molar-refractivity contribution in [2.45, 2.75) is 135 Å². The lowest BCUT2D eigenvalue weighted by molar-refractivity contribution is -0.326. The Balaban J connectivity index is 2.53. The smallest absolute Gasteiger partial charge is 0.303 e. The molecule has 264 valence electrons. The molecule has 2 aliphatic rings. The highest BCUT2D eigenvalue weighted by atomic mass is 28.4. The molecular formula is C28H48O16Si2. The maximum absolute atomic E-state index is 12.4. The lowest BCUT2D eigenvalue weighted by atomic mass is 9.97. The van der Waals surface area contributed by atoms with Crippen molar-refractivity contribution in [2.24, 2.45) is 0 Å². The fourth-order valence-electron chi connectivity index (χ4n) is 4.95. The molecule has 1 N–H and O–H groups in total. The molecule has 0 saturated carbocycles. The van der Waals surface area contributed by atoms with Gasteiger partial charge in [-0.2, -0.15) is 0 Å². The molecule has 0 spiro atoms. The Labute approximate surface area is 270 Å². The second kappa shape index (κ2) is 16.6. The van der Waals surface area contributed by atoms with Crippen LogP contribution >= 0.6 is 0 Å². The monoisotopic (exact) mass is 696 g/mol. The summed E-state index contributed by atoms with van der Waals surface area (Å²) >= 11 is 0. The normalized spacial score (nSPS) is 31.7. The Morgan fingerprint density at radius 3 is 1.46 bits per heavy atom. The summed E-state index contributed by atoms with van der Waals surface area (Å²) in [5, 5.41) is 10.7. The van der Waals surface area contributed by atoms with Gasteiger partial charge in [-0.3, -0.25) is 24.0 Å². The van der Waals surface area contributed by atoms with Gasteiger partial charge in [0.25, 0.3) is 0 Å². The molecule has 46 heavy (non-hydrogen) atoms. The lowest BCUT2D eigenvalue weighted by Gasteiger charge is -2.49. The van der Waals surface area contributed by atoms with Crippen LogP contribution in [0.25, 0.3) is 0 Å². The molecule has 16 nitrogen and oxygen atoms in total. The van der Waals surface area contributed by atoms with Gasteiger partial charge >= 0.3 is 29.8 Å². The number of aliphatic hydroxyl groups is 1. The zero-order valence-electron chi connectivity index (χ0n) is 28.3. The van der Waals surface area contributed by atoms with Crippen LogP contribution in [0.15, 0.2) is 0 Å². The van der Waals surface area contributed by atoms with Crippen LogP contribution in [0, 0.1) is 0 Å². The first kappa shape index (κ1) is 39.7. The van der Waals surface area contributed by atoms with Crippen LogP contribution in [-0.2, 0) is 70.7 Å². The van der Waals surface area contributed by atoms with Crippen LogP contribution in [0.3, 0.4) is 0 Å². The molecule has 2 heterocycles. The summed E-state index contributed by atoms with van der Waals surface area (Å²) < 4.78 is 57.8. The quantitative estimate of drug-likeness (QED) is 0.163. The largest absolute Gasteiger partial charge is 0.463 e. The zero-order valence-corrected chi connectivity index (χ0v) is 30.3. The predicted octanol–water partition coefficient (Wildman–Crippen LogP) is 1.18. The highest BCUT2D eigenvalue weighted by Gasteiger charge is 2.55. The minimum absolute atomic E-state index is 0.240. The molecule has 2 aliphatic heterocycles. The first-order valence-electron chi connectivity index (χ1n) is 14.9. The van der Waals surface area contributed by atoms with E-state index in [0.29, 0.717) is 0 Å². The first-order valence-corrected chi connectivity index (χ1v) is 21.7. The molecule has 0 radical (unpaired) electrons. The summed E-state index contributed by atoms with van der Waals surface area (Å²) in [5.41, 5.74) is 0. The predicted molar refractivity (Wildman–Crippen MR) is 161 cm³/mol. The number of aliphatic hydroxyl groups excluding tert-OH is 1. The maximum Gasteiger partial charge on any atom is 0.303 e. The average molecular weight is 697 g/mol. The molecule has 2 saturated heterocycles. The van der Waals surface area contributed by atoms with E-state index in [1.165, 1.54) is 13.8 Å². The molecule has 18 heteroatoms. The molecular weight excluding hydrogens is 648 g/mol. The van der Waals surface area contributed by atoms with Gasteiger partial charge in [0.1, 0.15) is 31.0 Å². The molecule has 0 aliphatic carbocycles.